The van der Waals surface area contributed by atoms with Crippen molar-refractivity contribution in [1.82, 2.24) is 20.5 Å². The van der Waals surface area contributed by atoms with Crippen molar-refractivity contribution in [2.24, 2.45) is 0 Å². The van der Waals surface area contributed by atoms with E-state index in [-0.39, 0.29) is 12.1 Å². The van der Waals surface area contributed by atoms with Crippen LogP contribution in [0.2, 0.25) is 0 Å². The molecule has 1 aromatic rings. The van der Waals surface area contributed by atoms with Gasteiger partial charge in [-0.2, -0.15) is 0 Å². The van der Waals surface area contributed by atoms with Gasteiger partial charge in [0.1, 0.15) is 5.82 Å². The second-order valence-electron chi connectivity index (χ2n) is 6.02. The third-order valence-electron chi connectivity index (χ3n) is 3.74. The van der Waals surface area contributed by atoms with Crippen molar-refractivity contribution in [3.05, 3.63) is 23.9 Å². The van der Waals surface area contributed by atoms with Gasteiger partial charge in [-0.15, -0.1) is 0 Å². The molecule has 7 nitrogen and oxygen atoms in total. The first-order valence-corrected chi connectivity index (χ1v) is 8.02. The summed E-state index contributed by atoms with van der Waals surface area (Å²) >= 11 is 0. The first-order valence-electron chi connectivity index (χ1n) is 8.02. The second-order valence-corrected chi connectivity index (χ2v) is 6.02. The predicted octanol–water partition coefficient (Wildman–Crippen LogP) is 0.668. The molecular formula is C16H27N5O2. The van der Waals surface area contributed by atoms with Crippen molar-refractivity contribution >= 4 is 11.8 Å². The predicted molar refractivity (Wildman–Crippen MR) is 90.7 cm³/mol. The Labute approximate surface area is 138 Å². The quantitative estimate of drug-likeness (QED) is 0.806. The zero-order valence-corrected chi connectivity index (χ0v) is 14.2. The minimum atomic E-state index is -0.153. The van der Waals surface area contributed by atoms with Gasteiger partial charge in [-0.1, -0.05) is 6.07 Å². The second kappa shape index (κ2) is 8.69. The van der Waals surface area contributed by atoms with Crippen molar-refractivity contribution in [3.8, 4) is 0 Å². The molecule has 23 heavy (non-hydrogen) atoms. The summed E-state index contributed by atoms with van der Waals surface area (Å²) in [4.78, 5) is 20.6. The minimum absolute atomic E-state index is 0.0929. The van der Waals surface area contributed by atoms with Crippen LogP contribution in [0.3, 0.4) is 0 Å². The lowest BCUT2D eigenvalue weighted by atomic mass is 10.2. The molecule has 1 aliphatic rings. The van der Waals surface area contributed by atoms with Crippen LogP contribution in [0.4, 0.5) is 10.6 Å². The smallest absolute Gasteiger partial charge is 0.315 e. The Morgan fingerprint density at radius 2 is 2.17 bits per heavy atom. The van der Waals surface area contributed by atoms with Gasteiger partial charge in [-0.25, -0.2) is 9.78 Å². The van der Waals surface area contributed by atoms with Crippen LogP contribution < -0.4 is 15.5 Å². The van der Waals surface area contributed by atoms with E-state index in [0.717, 1.165) is 44.2 Å². The number of nitrogens with zero attached hydrogens (tertiary/aromatic N) is 3. The third kappa shape index (κ3) is 5.69. The number of morpholine rings is 1. The maximum Gasteiger partial charge on any atom is 0.315 e. The fourth-order valence-corrected chi connectivity index (χ4v) is 2.64. The molecule has 0 radical (unpaired) electrons. The topological polar surface area (TPSA) is 69.7 Å². The number of urea groups is 1. The van der Waals surface area contributed by atoms with Crippen LogP contribution in [0.25, 0.3) is 0 Å². The Morgan fingerprint density at radius 3 is 2.87 bits per heavy atom. The molecule has 1 aromatic heterocycles. The van der Waals surface area contributed by atoms with E-state index >= 15 is 0 Å². The summed E-state index contributed by atoms with van der Waals surface area (Å²) in [7, 11) is 3.88. The number of ether oxygens (including phenoxy) is 1. The van der Waals surface area contributed by atoms with E-state index in [2.05, 4.69) is 20.5 Å². The number of rotatable bonds is 6. The molecule has 1 saturated heterocycles. The maximum atomic E-state index is 12.1. The molecule has 0 spiro atoms. The summed E-state index contributed by atoms with van der Waals surface area (Å²) in [5.41, 5.74) is 0.994. The number of nitrogens with one attached hydrogen (secondary N) is 2. The Bertz CT molecular complexity index is 503. The number of anilines is 1. The molecule has 128 valence electrons. The minimum Gasteiger partial charge on any atom is -0.379 e. The number of carbonyl (C=O) groups is 1. The van der Waals surface area contributed by atoms with E-state index < -0.39 is 0 Å². The highest BCUT2D eigenvalue weighted by Crippen LogP contribution is 2.13. The fourth-order valence-electron chi connectivity index (χ4n) is 2.64. The van der Waals surface area contributed by atoms with E-state index in [1.165, 1.54) is 0 Å². The van der Waals surface area contributed by atoms with Crippen LogP contribution in [0.15, 0.2) is 18.3 Å². The summed E-state index contributed by atoms with van der Waals surface area (Å²) in [5.74, 6) is 0.870. The molecule has 2 amide bonds. The highest BCUT2D eigenvalue weighted by atomic mass is 16.5. The lowest BCUT2D eigenvalue weighted by Gasteiger charge is -2.29. The molecule has 1 unspecified atom stereocenters. The summed E-state index contributed by atoms with van der Waals surface area (Å²) in [6, 6.07) is 3.79. The van der Waals surface area contributed by atoms with Gasteiger partial charge >= 0.3 is 6.03 Å². The summed E-state index contributed by atoms with van der Waals surface area (Å²) < 4.78 is 5.33. The van der Waals surface area contributed by atoms with Crippen LogP contribution in [-0.4, -0.2) is 68.9 Å². The number of hydrogen-bond donors (Lipinski definition) is 2. The van der Waals surface area contributed by atoms with Gasteiger partial charge in [0.15, 0.2) is 0 Å². The molecule has 1 fully saturated rings. The monoisotopic (exact) mass is 321 g/mol. The molecule has 0 aromatic carbocycles. The normalized spacial score (nSPS) is 16.7. The van der Waals surface area contributed by atoms with Crippen LogP contribution in [0.1, 0.15) is 12.5 Å². The average Bonchev–Trinajstić information content (AvgIpc) is 2.54. The van der Waals surface area contributed by atoms with Crippen molar-refractivity contribution < 1.29 is 9.53 Å². The number of pyridine rings is 1. The molecular weight excluding hydrogens is 294 g/mol. The highest BCUT2D eigenvalue weighted by molar-refractivity contribution is 5.74. The molecule has 2 rings (SSSR count). The first kappa shape index (κ1) is 17.5. The molecule has 0 saturated carbocycles. The molecule has 1 atom stereocenters. The molecule has 0 bridgehead atoms. The lowest BCUT2D eigenvalue weighted by Crippen LogP contribution is -2.48. The SMILES string of the molecule is CC(CN1CCOCC1)NC(=O)NCc1cccnc1N(C)C. The molecule has 1 aliphatic heterocycles. The summed E-state index contributed by atoms with van der Waals surface area (Å²) in [6.07, 6.45) is 1.75. The summed E-state index contributed by atoms with van der Waals surface area (Å²) in [6.45, 7) is 6.71. The zero-order valence-electron chi connectivity index (χ0n) is 14.2. The fraction of sp³-hybridized carbons (Fsp3) is 0.625. The molecule has 2 N–H and O–H groups in total. The first-order chi connectivity index (χ1) is 11.1. The van der Waals surface area contributed by atoms with Gasteiger partial charge in [0, 0.05) is 58.1 Å². The van der Waals surface area contributed by atoms with Gasteiger partial charge in [0.05, 0.1) is 13.2 Å². The van der Waals surface area contributed by atoms with Crippen LogP contribution in [0.5, 0.6) is 0 Å². The van der Waals surface area contributed by atoms with E-state index in [1.807, 2.05) is 38.1 Å². The van der Waals surface area contributed by atoms with Crippen LogP contribution in [-0.2, 0) is 11.3 Å². The van der Waals surface area contributed by atoms with Crippen molar-refractivity contribution in [2.75, 3.05) is 51.8 Å². The van der Waals surface area contributed by atoms with Gasteiger partial charge in [-0.05, 0) is 13.0 Å². The largest absolute Gasteiger partial charge is 0.379 e. The Kier molecular flexibility index (Phi) is 6.61. The van der Waals surface area contributed by atoms with Gasteiger partial charge in [-0.3, -0.25) is 4.90 Å². The van der Waals surface area contributed by atoms with E-state index in [9.17, 15) is 4.79 Å². The third-order valence-corrected chi connectivity index (χ3v) is 3.74. The maximum absolute atomic E-state index is 12.1. The van der Waals surface area contributed by atoms with E-state index in [4.69, 9.17) is 4.74 Å². The summed E-state index contributed by atoms with van der Waals surface area (Å²) in [5, 5.41) is 5.88. The van der Waals surface area contributed by atoms with Gasteiger partial charge in [0.2, 0.25) is 0 Å². The Balaban J connectivity index is 1.76. The van der Waals surface area contributed by atoms with E-state index in [1.54, 1.807) is 6.20 Å². The van der Waals surface area contributed by atoms with Crippen molar-refractivity contribution in [3.63, 3.8) is 0 Å². The average molecular weight is 321 g/mol. The Morgan fingerprint density at radius 1 is 1.43 bits per heavy atom. The zero-order chi connectivity index (χ0) is 16.7. The number of amides is 2. The number of hydrogen-bond acceptors (Lipinski definition) is 5. The van der Waals surface area contributed by atoms with E-state index in [0.29, 0.717) is 6.54 Å². The molecule has 7 heteroatoms. The van der Waals surface area contributed by atoms with Gasteiger partial charge in [0.25, 0.3) is 0 Å². The number of carbonyl (C=O) groups excluding carboxylic acids is 1. The molecule has 2 heterocycles. The molecule has 0 aliphatic carbocycles. The van der Waals surface area contributed by atoms with Crippen molar-refractivity contribution in [1.29, 1.82) is 0 Å². The van der Waals surface area contributed by atoms with Gasteiger partial charge < -0.3 is 20.3 Å². The number of aromatic nitrogens is 1. The lowest BCUT2D eigenvalue weighted by molar-refractivity contribution is 0.0349. The Hall–Kier alpha value is -1.86. The van der Waals surface area contributed by atoms with Crippen molar-refractivity contribution in [2.45, 2.75) is 19.5 Å². The standard InChI is InChI=1S/C16H27N5O2/c1-13(12-21-7-9-23-10-8-21)19-16(22)18-11-14-5-4-6-17-15(14)20(2)3/h4-6,13H,7-12H2,1-3H3,(H2,18,19,22). The highest BCUT2D eigenvalue weighted by Gasteiger charge is 2.15. The van der Waals surface area contributed by atoms with Crippen LogP contribution in [0, 0.1) is 0 Å². The van der Waals surface area contributed by atoms with Crippen LogP contribution >= 0.6 is 0 Å².